The smallest absolute Gasteiger partial charge is 0.307 e. The molecule has 82 valence electrons. The molecule has 2 atom stereocenters. The minimum Gasteiger partial charge on any atom is -0.481 e. The third-order valence-corrected chi connectivity index (χ3v) is 3.09. The van der Waals surface area contributed by atoms with Gasteiger partial charge in [-0.15, -0.1) is 0 Å². The molecular formula is C11H21NO2. The lowest BCUT2D eigenvalue weighted by atomic mass is 9.92. The molecule has 0 aromatic heterocycles. The van der Waals surface area contributed by atoms with Crippen molar-refractivity contribution in [2.45, 2.75) is 39.0 Å². The average molecular weight is 199 g/mol. The molecule has 0 aromatic carbocycles. The summed E-state index contributed by atoms with van der Waals surface area (Å²) in [5.74, 6) is 0.355. The van der Waals surface area contributed by atoms with Gasteiger partial charge in [0.2, 0.25) is 0 Å². The van der Waals surface area contributed by atoms with Crippen LogP contribution in [0.25, 0.3) is 0 Å². The van der Waals surface area contributed by atoms with E-state index in [4.69, 9.17) is 10.8 Å². The van der Waals surface area contributed by atoms with Crippen LogP contribution in [-0.4, -0.2) is 17.6 Å². The summed E-state index contributed by atoms with van der Waals surface area (Å²) in [5, 5.41) is 8.83. The number of carboxylic acid groups (broad SMARTS) is 1. The van der Waals surface area contributed by atoms with Crippen molar-refractivity contribution in [1.82, 2.24) is 0 Å². The second-order valence-corrected chi connectivity index (χ2v) is 4.63. The van der Waals surface area contributed by atoms with Gasteiger partial charge in [-0.2, -0.15) is 0 Å². The van der Waals surface area contributed by atoms with Crippen LogP contribution in [-0.2, 0) is 4.79 Å². The fourth-order valence-electron chi connectivity index (χ4n) is 1.83. The minimum absolute atomic E-state index is 0.267. The number of carbonyl (C=O) groups is 1. The zero-order chi connectivity index (χ0) is 10.6. The molecule has 0 saturated heterocycles. The van der Waals surface area contributed by atoms with Crippen LogP contribution in [0.1, 0.15) is 39.0 Å². The molecule has 3 N–H and O–H groups in total. The number of hydrogen-bond acceptors (Lipinski definition) is 2. The Morgan fingerprint density at radius 1 is 1.57 bits per heavy atom. The van der Waals surface area contributed by atoms with Gasteiger partial charge in [-0.1, -0.05) is 32.6 Å². The highest BCUT2D eigenvalue weighted by Gasteiger charge is 2.23. The van der Waals surface area contributed by atoms with Crippen LogP contribution in [0.3, 0.4) is 0 Å². The van der Waals surface area contributed by atoms with E-state index in [1.807, 2.05) is 0 Å². The summed E-state index contributed by atoms with van der Waals surface area (Å²) in [7, 11) is 0. The molecule has 3 heteroatoms. The van der Waals surface area contributed by atoms with Crippen LogP contribution in [0, 0.1) is 17.8 Å². The lowest BCUT2D eigenvalue weighted by Crippen LogP contribution is -2.25. The van der Waals surface area contributed by atoms with Crippen molar-refractivity contribution in [2.24, 2.45) is 23.5 Å². The molecule has 1 aliphatic carbocycles. The summed E-state index contributed by atoms with van der Waals surface area (Å²) in [6.07, 6.45) is 5.93. The van der Waals surface area contributed by atoms with E-state index < -0.39 is 5.97 Å². The first kappa shape index (κ1) is 11.5. The molecule has 1 aliphatic rings. The van der Waals surface area contributed by atoms with Crippen molar-refractivity contribution < 1.29 is 9.90 Å². The van der Waals surface area contributed by atoms with E-state index in [1.54, 1.807) is 0 Å². The number of hydrogen-bond donors (Lipinski definition) is 2. The van der Waals surface area contributed by atoms with Crippen LogP contribution < -0.4 is 5.73 Å². The summed E-state index contributed by atoms with van der Waals surface area (Å²) in [5.41, 5.74) is 5.41. The second-order valence-electron chi connectivity index (χ2n) is 4.63. The van der Waals surface area contributed by atoms with Crippen LogP contribution in [0.4, 0.5) is 0 Å². The predicted molar refractivity (Wildman–Crippen MR) is 55.9 cm³/mol. The zero-order valence-electron chi connectivity index (χ0n) is 8.91. The third-order valence-electron chi connectivity index (χ3n) is 3.09. The topological polar surface area (TPSA) is 63.3 Å². The van der Waals surface area contributed by atoms with Gasteiger partial charge in [-0.05, 0) is 18.3 Å². The monoisotopic (exact) mass is 199 g/mol. The summed E-state index contributed by atoms with van der Waals surface area (Å²) < 4.78 is 0. The average Bonchev–Trinajstić information content (AvgIpc) is 2.93. The van der Waals surface area contributed by atoms with Gasteiger partial charge in [0.25, 0.3) is 0 Å². The van der Waals surface area contributed by atoms with Crippen LogP contribution in [0.5, 0.6) is 0 Å². The van der Waals surface area contributed by atoms with Gasteiger partial charge in [0.15, 0.2) is 0 Å². The van der Waals surface area contributed by atoms with Crippen LogP contribution >= 0.6 is 0 Å². The number of aliphatic carboxylic acids is 1. The molecule has 0 radical (unpaired) electrons. The molecule has 0 aliphatic heterocycles. The highest BCUT2D eigenvalue weighted by atomic mass is 16.4. The first-order valence-electron chi connectivity index (χ1n) is 5.56. The maximum atomic E-state index is 10.7. The van der Waals surface area contributed by atoms with Crippen LogP contribution in [0.2, 0.25) is 0 Å². The highest BCUT2D eigenvalue weighted by molar-refractivity contribution is 5.70. The summed E-state index contributed by atoms with van der Waals surface area (Å²) in [6, 6.07) is 0. The lowest BCUT2D eigenvalue weighted by Gasteiger charge is -2.15. The summed E-state index contributed by atoms with van der Waals surface area (Å²) >= 11 is 0. The fourth-order valence-corrected chi connectivity index (χ4v) is 1.83. The van der Waals surface area contributed by atoms with E-state index >= 15 is 0 Å². The second kappa shape index (κ2) is 5.35. The quantitative estimate of drug-likeness (QED) is 0.658. The van der Waals surface area contributed by atoms with Gasteiger partial charge >= 0.3 is 5.97 Å². The van der Waals surface area contributed by atoms with Gasteiger partial charge in [-0.3, -0.25) is 4.79 Å². The van der Waals surface area contributed by atoms with Gasteiger partial charge in [0.1, 0.15) is 0 Å². The maximum Gasteiger partial charge on any atom is 0.307 e. The lowest BCUT2D eigenvalue weighted by molar-refractivity contribution is -0.141. The summed E-state index contributed by atoms with van der Waals surface area (Å²) in [4.78, 5) is 10.7. The Morgan fingerprint density at radius 3 is 2.64 bits per heavy atom. The molecule has 0 heterocycles. The Labute approximate surface area is 85.7 Å². The van der Waals surface area contributed by atoms with E-state index in [9.17, 15) is 4.79 Å². The molecule has 1 fully saturated rings. The SMILES string of the molecule is C[C@H](CCC1CC1)C[C@H](CN)C(=O)O. The molecule has 14 heavy (non-hydrogen) atoms. The van der Waals surface area contributed by atoms with Crippen molar-refractivity contribution in [3.8, 4) is 0 Å². The largest absolute Gasteiger partial charge is 0.481 e. The first-order valence-corrected chi connectivity index (χ1v) is 5.56. The molecule has 0 amide bonds. The molecular weight excluding hydrogens is 178 g/mol. The molecule has 0 bridgehead atoms. The summed E-state index contributed by atoms with van der Waals surface area (Å²) in [6.45, 7) is 2.40. The fraction of sp³-hybridized carbons (Fsp3) is 0.909. The Morgan fingerprint density at radius 2 is 2.21 bits per heavy atom. The van der Waals surface area contributed by atoms with Gasteiger partial charge in [0.05, 0.1) is 5.92 Å². The first-order chi connectivity index (χ1) is 6.63. The van der Waals surface area contributed by atoms with Crippen molar-refractivity contribution in [2.75, 3.05) is 6.54 Å². The number of carboxylic acids is 1. The van der Waals surface area contributed by atoms with Crippen molar-refractivity contribution in [3.63, 3.8) is 0 Å². The number of rotatable bonds is 7. The molecule has 0 aromatic rings. The molecule has 0 spiro atoms. The van der Waals surface area contributed by atoms with Gasteiger partial charge < -0.3 is 10.8 Å². The maximum absolute atomic E-state index is 10.7. The Balaban J connectivity index is 2.15. The number of nitrogens with two attached hydrogens (primary N) is 1. The minimum atomic E-state index is -0.745. The predicted octanol–water partition coefficient (Wildman–Crippen LogP) is 1.86. The van der Waals surface area contributed by atoms with Gasteiger partial charge in [-0.25, -0.2) is 0 Å². The standard InChI is InChI=1S/C11H21NO2/c1-8(2-3-9-4-5-9)6-10(7-12)11(13)14/h8-10H,2-7,12H2,1H3,(H,13,14)/t8-,10-/m1/s1. The van der Waals surface area contributed by atoms with Crippen molar-refractivity contribution in [3.05, 3.63) is 0 Å². The Kier molecular flexibility index (Phi) is 4.39. The van der Waals surface area contributed by atoms with E-state index in [2.05, 4.69) is 6.92 Å². The molecule has 1 saturated carbocycles. The van der Waals surface area contributed by atoms with E-state index in [0.717, 1.165) is 18.8 Å². The highest BCUT2D eigenvalue weighted by Crippen LogP contribution is 2.35. The van der Waals surface area contributed by atoms with Crippen molar-refractivity contribution in [1.29, 1.82) is 0 Å². The van der Waals surface area contributed by atoms with E-state index in [1.165, 1.54) is 19.3 Å². The van der Waals surface area contributed by atoms with Crippen LogP contribution in [0.15, 0.2) is 0 Å². The Bertz CT molecular complexity index is 190. The molecule has 0 unspecified atom stereocenters. The van der Waals surface area contributed by atoms with E-state index in [-0.39, 0.29) is 12.5 Å². The van der Waals surface area contributed by atoms with Crippen molar-refractivity contribution >= 4 is 5.97 Å². The molecule has 1 rings (SSSR count). The van der Waals surface area contributed by atoms with E-state index in [0.29, 0.717) is 5.92 Å². The third kappa shape index (κ3) is 4.09. The zero-order valence-corrected chi connectivity index (χ0v) is 8.91. The normalized spacial score (nSPS) is 20.4. The molecule has 3 nitrogen and oxygen atoms in total. The van der Waals surface area contributed by atoms with Gasteiger partial charge in [0, 0.05) is 6.54 Å². The Hall–Kier alpha value is -0.570.